The third kappa shape index (κ3) is 4.77. The van der Waals surface area contributed by atoms with Crippen molar-refractivity contribution in [3.05, 3.63) is 0 Å². The molecule has 14 heavy (non-hydrogen) atoms. The molecule has 0 amide bonds. The lowest BCUT2D eigenvalue weighted by molar-refractivity contribution is -0.135. The quantitative estimate of drug-likeness (QED) is 0.737. The van der Waals surface area contributed by atoms with E-state index in [1.54, 1.807) is 0 Å². The molecule has 0 bridgehead atoms. The van der Waals surface area contributed by atoms with Crippen LogP contribution in [0, 0.1) is 0 Å². The Kier molecular flexibility index (Phi) is 4.82. The highest BCUT2D eigenvalue weighted by Gasteiger charge is 2.35. The summed E-state index contributed by atoms with van der Waals surface area (Å²) >= 11 is 0. The third-order valence-corrected chi connectivity index (χ3v) is 3.32. The van der Waals surface area contributed by atoms with Crippen LogP contribution < -0.4 is 5.73 Å². The number of halogens is 3. The molecule has 0 aliphatic heterocycles. The standard InChI is InChI=1S/C6H13F3N2O2S/c1-2-14(12,13)11(4-3-10)5-6(7,8)9/h2-5,10H2,1H3. The molecular formula is C6H13F3N2O2S. The summed E-state index contributed by atoms with van der Waals surface area (Å²) in [4.78, 5) is 0. The first-order valence-corrected chi connectivity index (χ1v) is 5.58. The van der Waals surface area contributed by atoms with E-state index in [1.165, 1.54) is 6.92 Å². The van der Waals surface area contributed by atoms with E-state index in [4.69, 9.17) is 5.73 Å². The van der Waals surface area contributed by atoms with Gasteiger partial charge >= 0.3 is 6.18 Å². The molecule has 0 rings (SSSR count). The van der Waals surface area contributed by atoms with Gasteiger partial charge in [-0.25, -0.2) is 8.42 Å². The van der Waals surface area contributed by atoms with Crippen LogP contribution in [0.25, 0.3) is 0 Å². The molecule has 0 saturated carbocycles. The van der Waals surface area contributed by atoms with Gasteiger partial charge in [0.05, 0.1) is 5.75 Å². The monoisotopic (exact) mass is 234 g/mol. The van der Waals surface area contributed by atoms with Crippen molar-refractivity contribution in [1.29, 1.82) is 0 Å². The summed E-state index contributed by atoms with van der Waals surface area (Å²) in [6.45, 7) is -0.624. The largest absolute Gasteiger partial charge is 0.402 e. The molecule has 0 spiro atoms. The lowest BCUT2D eigenvalue weighted by Gasteiger charge is -2.21. The van der Waals surface area contributed by atoms with Crippen LogP contribution in [0.5, 0.6) is 0 Å². The number of alkyl halides is 3. The minimum Gasteiger partial charge on any atom is -0.329 e. The minimum atomic E-state index is -4.53. The molecule has 0 aliphatic rings. The fraction of sp³-hybridized carbons (Fsp3) is 1.00. The Hall–Kier alpha value is -0.340. The number of nitrogens with zero attached hydrogens (tertiary/aromatic N) is 1. The Labute approximate surface area is 80.9 Å². The van der Waals surface area contributed by atoms with Crippen molar-refractivity contribution < 1.29 is 21.6 Å². The van der Waals surface area contributed by atoms with Gasteiger partial charge in [-0.05, 0) is 6.92 Å². The Morgan fingerprint density at radius 1 is 1.36 bits per heavy atom. The molecule has 4 nitrogen and oxygen atoms in total. The zero-order valence-electron chi connectivity index (χ0n) is 7.71. The third-order valence-electron chi connectivity index (χ3n) is 1.49. The molecule has 2 N–H and O–H groups in total. The summed E-state index contributed by atoms with van der Waals surface area (Å²) in [5.74, 6) is -0.358. The predicted octanol–water partition coefficient (Wildman–Crippen LogP) is 0.159. The second-order valence-electron chi connectivity index (χ2n) is 2.64. The maximum atomic E-state index is 11.9. The van der Waals surface area contributed by atoms with E-state index < -0.39 is 22.7 Å². The van der Waals surface area contributed by atoms with Crippen molar-refractivity contribution in [3.8, 4) is 0 Å². The van der Waals surface area contributed by atoms with Crippen LogP contribution in [0.4, 0.5) is 13.2 Å². The van der Waals surface area contributed by atoms with Gasteiger partial charge in [-0.15, -0.1) is 0 Å². The minimum absolute atomic E-state index is 0.130. The van der Waals surface area contributed by atoms with Crippen LogP contribution in [0.1, 0.15) is 6.92 Å². The molecule has 0 heterocycles. The fourth-order valence-electron chi connectivity index (χ4n) is 0.843. The first-order chi connectivity index (χ1) is 6.23. The Balaban J connectivity index is 4.62. The average Bonchev–Trinajstić information content (AvgIpc) is 2.01. The van der Waals surface area contributed by atoms with Gasteiger partial charge in [-0.3, -0.25) is 0 Å². The smallest absolute Gasteiger partial charge is 0.329 e. The normalized spacial score (nSPS) is 13.6. The lowest BCUT2D eigenvalue weighted by atomic mass is 10.5. The molecule has 0 radical (unpaired) electrons. The zero-order valence-corrected chi connectivity index (χ0v) is 8.53. The van der Waals surface area contributed by atoms with Gasteiger partial charge in [-0.2, -0.15) is 17.5 Å². The summed E-state index contributed by atoms with van der Waals surface area (Å²) in [7, 11) is -3.82. The number of hydrogen-bond acceptors (Lipinski definition) is 3. The van der Waals surface area contributed by atoms with Crippen LogP contribution >= 0.6 is 0 Å². The number of hydrogen-bond donors (Lipinski definition) is 1. The summed E-state index contributed by atoms with van der Waals surface area (Å²) < 4.78 is 58.5. The van der Waals surface area contributed by atoms with Crippen molar-refractivity contribution in [1.82, 2.24) is 4.31 Å². The first-order valence-electron chi connectivity index (χ1n) is 3.97. The molecular weight excluding hydrogens is 221 g/mol. The summed E-state index contributed by atoms with van der Waals surface area (Å²) in [6, 6.07) is 0. The van der Waals surface area contributed by atoms with Crippen molar-refractivity contribution in [2.45, 2.75) is 13.1 Å². The van der Waals surface area contributed by atoms with Crippen molar-refractivity contribution >= 4 is 10.0 Å². The van der Waals surface area contributed by atoms with E-state index in [0.717, 1.165) is 0 Å². The van der Waals surface area contributed by atoms with Gasteiger partial charge in [0.25, 0.3) is 0 Å². The maximum Gasteiger partial charge on any atom is 0.402 e. The highest BCUT2D eigenvalue weighted by atomic mass is 32.2. The van der Waals surface area contributed by atoms with Gasteiger partial charge in [0.15, 0.2) is 0 Å². The van der Waals surface area contributed by atoms with Gasteiger partial charge in [0.1, 0.15) is 6.54 Å². The molecule has 0 fully saturated rings. The molecule has 0 aromatic heterocycles. The Morgan fingerprint density at radius 2 is 1.86 bits per heavy atom. The van der Waals surface area contributed by atoms with Crippen LogP contribution in [0.3, 0.4) is 0 Å². The highest BCUT2D eigenvalue weighted by molar-refractivity contribution is 7.89. The highest BCUT2D eigenvalue weighted by Crippen LogP contribution is 2.18. The van der Waals surface area contributed by atoms with E-state index in [-0.39, 0.29) is 18.8 Å². The van der Waals surface area contributed by atoms with Crippen LogP contribution in [-0.4, -0.2) is 44.3 Å². The molecule has 86 valence electrons. The fourth-order valence-corrected chi connectivity index (χ4v) is 1.93. The van der Waals surface area contributed by atoms with E-state index in [1.807, 2.05) is 0 Å². The average molecular weight is 234 g/mol. The van der Waals surface area contributed by atoms with E-state index in [2.05, 4.69) is 0 Å². The van der Waals surface area contributed by atoms with Crippen LogP contribution in [0.15, 0.2) is 0 Å². The van der Waals surface area contributed by atoms with Crippen molar-refractivity contribution in [2.24, 2.45) is 5.73 Å². The summed E-state index contributed by atoms with van der Waals surface area (Å²) in [5.41, 5.74) is 5.03. The molecule has 0 aromatic rings. The second-order valence-corrected chi connectivity index (χ2v) is 4.90. The maximum absolute atomic E-state index is 11.9. The molecule has 0 atom stereocenters. The van der Waals surface area contributed by atoms with Crippen molar-refractivity contribution in [3.63, 3.8) is 0 Å². The number of sulfonamides is 1. The topological polar surface area (TPSA) is 63.4 Å². The van der Waals surface area contributed by atoms with Crippen molar-refractivity contribution in [2.75, 3.05) is 25.4 Å². The molecule has 0 unspecified atom stereocenters. The zero-order chi connectivity index (χ0) is 11.4. The number of nitrogens with two attached hydrogens (primary N) is 1. The molecule has 8 heteroatoms. The van der Waals surface area contributed by atoms with Gasteiger partial charge < -0.3 is 5.73 Å². The Bertz CT molecular complexity index is 263. The van der Waals surface area contributed by atoms with Gasteiger partial charge in [0.2, 0.25) is 10.0 Å². The SMILES string of the molecule is CCS(=O)(=O)N(CCN)CC(F)(F)F. The Morgan fingerprint density at radius 3 is 2.14 bits per heavy atom. The lowest BCUT2D eigenvalue weighted by Crippen LogP contribution is -2.42. The summed E-state index contributed by atoms with van der Waals surface area (Å²) in [5, 5.41) is 0. The molecule has 0 aliphatic carbocycles. The molecule has 0 saturated heterocycles. The predicted molar refractivity (Wildman–Crippen MR) is 46.1 cm³/mol. The van der Waals surface area contributed by atoms with E-state index in [9.17, 15) is 21.6 Å². The molecule has 0 aromatic carbocycles. The van der Waals surface area contributed by atoms with Crippen LogP contribution in [0.2, 0.25) is 0 Å². The van der Waals surface area contributed by atoms with Gasteiger partial charge in [0, 0.05) is 13.1 Å². The van der Waals surface area contributed by atoms with Gasteiger partial charge in [-0.1, -0.05) is 0 Å². The summed E-state index contributed by atoms with van der Waals surface area (Å²) in [6.07, 6.45) is -4.53. The first kappa shape index (κ1) is 13.7. The number of rotatable bonds is 5. The van der Waals surface area contributed by atoms with Crippen LogP contribution in [-0.2, 0) is 10.0 Å². The second kappa shape index (κ2) is 4.94. The van der Waals surface area contributed by atoms with E-state index >= 15 is 0 Å². The van der Waals surface area contributed by atoms with E-state index in [0.29, 0.717) is 4.31 Å².